The van der Waals surface area contributed by atoms with Gasteiger partial charge in [-0.25, -0.2) is 4.98 Å². The number of carbonyl (C=O) groups excluding carboxylic acids is 1. The lowest BCUT2D eigenvalue weighted by Gasteiger charge is -2.36. The van der Waals surface area contributed by atoms with E-state index in [1.54, 1.807) is 7.11 Å². The molecule has 1 aliphatic heterocycles. The number of amides is 1. The average Bonchev–Trinajstić information content (AvgIpc) is 2.62. The van der Waals surface area contributed by atoms with Crippen molar-refractivity contribution in [3.63, 3.8) is 0 Å². The predicted octanol–water partition coefficient (Wildman–Crippen LogP) is 2.36. The fourth-order valence-electron chi connectivity index (χ4n) is 2.80. The number of hydrogen-bond donors (Lipinski definition) is 0. The molecular formula is C18H21N3O2. The number of methoxy groups -OCH3 is 1. The molecule has 5 heteroatoms. The summed E-state index contributed by atoms with van der Waals surface area (Å²) in [5.41, 5.74) is 1.70. The van der Waals surface area contributed by atoms with Crippen molar-refractivity contribution in [2.24, 2.45) is 0 Å². The second-order valence-corrected chi connectivity index (χ2v) is 5.62. The van der Waals surface area contributed by atoms with Gasteiger partial charge in [-0.2, -0.15) is 0 Å². The van der Waals surface area contributed by atoms with Gasteiger partial charge in [0, 0.05) is 37.4 Å². The van der Waals surface area contributed by atoms with Crippen molar-refractivity contribution in [3.05, 3.63) is 53.7 Å². The van der Waals surface area contributed by atoms with E-state index >= 15 is 0 Å². The third-order valence-corrected chi connectivity index (χ3v) is 4.09. The van der Waals surface area contributed by atoms with E-state index < -0.39 is 0 Å². The molecule has 0 radical (unpaired) electrons. The molecule has 5 nitrogen and oxygen atoms in total. The van der Waals surface area contributed by atoms with E-state index in [-0.39, 0.29) is 5.91 Å². The summed E-state index contributed by atoms with van der Waals surface area (Å²) in [6.45, 7) is 4.86. The zero-order valence-electron chi connectivity index (χ0n) is 13.5. The Hall–Kier alpha value is -2.56. The SMILES string of the molecule is COc1ccc(C)nc1N1CCN(C(=O)c2ccccc2)CC1. The molecule has 0 aliphatic carbocycles. The van der Waals surface area contributed by atoms with Crippen molar-refractivity contribution in [1.82, 2.24) is 9.88 Å². The van der Waals surface area contributed by atoms with Gasteiger partial charge < -0.3 is 14.5 Å². The summed E-state index contributed by atoms with van der Waals surface area (Å²) in [4.78, 5) is 21.2. The monoisotopic (exact) mass is 311 g/mol. The molecule has 0 N–H and O–H groups in total. The van der Waals surface area contributed by atoms with Gasteiger partial charge in [0.15, 0.2) is 11.6 Å². The van der Waals surface area contributed by atoms with Crippen LogP contribution < -0.4 is 9.64 Å². The number of hydrogen-bond acceptors (Lipinski definition) is 4. The predicted molar refractivity (Wildman–Crippen MR) is 90.1 cm³/mol. The molecule has 0 saturated carbocycles. The number of aryl methyl sites for hydroxylation is 1. The van der Waals surface area contributed by atoms with Gasteiger partial charge in [0.05, 0.1) is 7.11 Å². The summed E-state index contributed by atoms with van der Waals surface area (Å²) in [5.74, 6) is 1.73. The second kappa shape index (κ2) is 6.69. The van der Waals surface area contributed by atoms with Crippen LogP contribution in [0.2, 0.25) is 0 Å². The van der Waals surface area contributed by atoms with Gasteiger partial charge in [-0.3, -0.25) is 4.79 Å². The lowest BCUT2D eigenvalue weighted by molar-refractivity contribution is 0.0746. The Bertz CT molecular complexity index is 680. The third-order valence-electron chi connectivity index (χ3n) is 4.09. The maximum Gasteiger partial charge on any atom is 0.253 e. The van der Waals surface area contributed by atoms with Crippen molar-refractivity contribution in [2.75, 3.05) is 38.2 Å². The largest absolute Gasteiger partial charge is 0.493 e. The zero-order valence-corrected chi connectivity index (χ0v) is 13.5. The third kappa shape index (κ3) is 3.28. The van der Waals surface area contributed by atoms with Gasteiger partial charge in [0.1, 0.15) is 0 Å². The molecule has 23 heavy (non-hydrogen) atoms. The number of benzene rings is 1. The van der Waals surface area contributed by atoms with Crippen molar-refractivity contribution < 1.29 is 9.53 Å². The number of rotatable bonds is 3. The molecular weight excluding hydrogens is 290 g/mol. The Balaban J connectivity index is 1.69. The van der Waals surface area contributed by atoms with Crippen molar-refractivity contribution in [2.45, 2.75) is 6.92 Å². The maximum absolute atomic E-state index is 12.5. The van der Waals surface area contributed by atoms with Crippen LogP contribution in [0, 0.1) is 6.92 Å². The summed E-state index contributed by atoms with van der Waals surface area (Å²) in [5, 5.41) is 0. The fraction of sp³-hybridized carbons (Fsp3) is 0.333. The first-order chi connectivity index (χ1) is 11.2. The second-order valence-electron chi connectivity index (χ2n) is 5.62. The molecule has 0 atom stereocenters. The maximum atomic E-state index is 12.5. The van der Waals surface area contributed by atoms with E-state index in [1.807, 2.05) is 54.3 Å². The summed E-state index contributed by atoms with van der Waals surface area (Å²) < 4.78 is 5.41. The van der Waals surface area contributed by atoms with Crippen LogP contribution in [-0.2, 0) is 0 Å². The summed E-state index contributed by atoms with van der Waals surface area (Å²) in [6.07, 6.45) is 0. The van der Waals surface area contributed by atoms with E-state index in [4.69, 9.17) is 4.74 Å². The lowest BCUT2D eigenvalue weighted by Crippen LogP contribution is -2.49. The number of anilines is 1. The Morgan fingerprint density at radius 2 is 1.74 bits per heavy atom. The smallest absolute Gasteiger partial charge is 0.253 e. The Kier molecular flexibility index (Phi) is 4.46. The van der Waals surface area contributed by atoms with Crippen LogP contribution in [0.1, 0.15) is 16.1 Å². The lowest BCUT2D eigenvalue weighted by atomic mass is 10.2. The molecule has 0 unspecified atom stereocenters. The first-order valence-electron chi connectivity index (χ1n) is 7.80. The Morgan fingerprint density at radius 1 is 1.04 bits per heavy atom. The minimum absolute atomic E-state index is 0.0921. The zero-order chi connectivity index (χ0) is 16.2. The van der Waals surface area contributed by atoms with Crippen LogP contribution in [0.4, 0.5) is 5.82 Å². The van der Waals surface area contributed by atoms with E-state index in [0.717, 1.165) is 35.9 Å². The number of carbonyl (C=O) groups is 1. The first kappa shape index (κ1) is 15.3. The number of ether oxygens (including phenoxy) is 1. The highest BCUT2D eigenvalue weighted by Gasteiger charge is 2.24. The van der Waals surface area contributed by atoms with E-state index in [9.17, 15) is 4.79 Å². The highest BCUT2D eigenvalue weighted by molar-refractivity contribution is 5.94. The standard InChI is InChI=1S/C18H21N3O2/c1-14-8-9-16(23-2)17(19-14)20-10-12-21(13-11-20)18(22)15-6-4-3-5-7-15/h3-9H,10-13H2,1-2H3. The molecule has 120 valence electrons. The molecule has 2 heterocycles. The Morgan fingerprint density at radius 3 is 2.39 bits per heavy atom. The number of pyridine rings is 1. The first-order valence-corrected chi connectivity index (χ1v) is 7.80. The topological polar surface area (TPSA) is 45.7 Å². The van der Waals surface area contributed by atoms with Crippen molar-refractivity contribution in [1.29, 1.82) is 0 Å². The number of nitrogens with zero attached hydrogens (tertiary/aromatic N) is 3. The molecule has 1 aliphatic rings. The molecule has 3 rings (SSSR count). The minimum atomic E-state index is 0.0921. The van der Waals surface area contributed by atoms with Crippen LogP contribution in [0.25, 0.3) is 0 Å². The highest BCUT2D eigenvalue weighted by atomic mass is 16.5. The number of piperazine rings is 1. The van der Waals surface area contributed by atoms with Gasteiger partial charge in [-0.1, -0.05) is 18.2 Å². The van der Waals surface area contributed by atoms with Crippen LogP contribution in [0.5, 0.6) is 5.75 Å². The quantitative estimate of drug-likeness (QED) is 0.873. The molecule has 1 saturated heterocycles. The van der Waals surface area contributed by atoms with E-state index in [1.165, 1.54) is 0 Å². The molecule has 2 aromatic rings. The molecule has 1 aromatic heterocycles. The van der Waals surface area contributed by atoms with E-state index in [2.05, 4.69) is 9.88 Å². The molecule has 1 fully saturated rings. The van der Waals surface area contributed by atoms with Gasteiger partial charge in [-0.15, -0.1) is 0 Å². The van der Waals surface area contributed by atoms with Gasteiger partial charge in [-0.05, 0) is 31.2 Å². The van der Waals surface area contributed by atoms with Crippen LogP contribution >= 0.6 is 0 Å². The molecule has 1 amide bonds. The summed E-state index contributed by atoms with van der Waals surface area (Å²) in [6, 6.07) is 13.3. The summed E-state index contributed by atoms with van der Waals surface area (Å²) in [7, 11) is 1.66. The van der Waals surface area contributed by atoms with Gasteiger partial charge >= 0.3 is 0 Å². The Labute approximate surface area is 136 Å². The van der Waals surface area contributed by atoms with E-state index in [0.29, 0.717) is 13.1 Å². The average molecular weight is 311 g/mol. The number of aromatic nitrogens is 1. The van der Waals surface area contributed by atoms with Crippen LogP contribution in [0.3, 0.4) is 0 Å². The highest BCUT2D eigenvalue weighted by Crippen LogP contribution is 2.27. The van der Waals surface area contributed by atoms with Crippen molar-refractivity contribution >= 4 is 11.7 Å². The van der Waals surface area contributed by atoms with Crippen molar-refractivity contribution in [3.8, 4) is 5.75 Å². The minimum Gasteiger partial charge on any atom is -0.493 e. The van der Waals surface area contributed by atoms with Crippen LogP contribution in [0.15, 0.2) is 42.5 Å². The normalized spacial score (nSPS) is 14.7. The van der Waals surface area contributed by atoms with Gasteiger partial charge in [0.25, 0.3) is 5.91 Å². The van der Waals surface area contributed by atoms with Crippen LogP contribution in [-0.4, -0.2) is 49.1 Å². The molecule has 0 bridgehead atoms. The molecule has 0 spiro atoms. The summed E-state index contributed by atoms with van der Waals surface area (Å²) >= 11 is 0. The molecule has 1 aromatic carbocycles. The fourth-order valence-corrected chi connectivity index (χ4v) is 2.80. The van der Waals surface area contributed by atoms with Gasteiger partial charge in [0.2, 0.25) is 0 Å².